The molecule has 0 spiro atoms. The van der Waals surface area contributed by atoms with E-state index in [4.69, 9.17) is 15.2 Å². The molecule has 0 aliphatic rings. The van der Waals surface area contributed by atoms with Gasteiger partial charge in [-0.25, -0.2) is 0 Å². The lowest BCUT2D eigenvalue weighted by Gasteiger charge is -2.15. The van der Waals surface area contributed by atoms with Crippen LogP contribution in [-0.2, 0) is 13.0 Å². The number of nitrogens with two attached hydrogens (primary N) is 1. The largest absolute Gasteiger partial charge is 0.496 e. The summed E-state index contributed by atoms with van der Waals surface area (Å²) in [6.45, 7) is 1.94. The van der Waals surface area contributed by atoms with E-state index in [1.165, 1.54) is 5.56 Å². The Kier molecular flexibility index (Phi) is 5.41. The molecule has 4 nitrogen and oxygen atoms in total. The predicted molar refractivity (Wildman–Crippen MR) is 88.3 cm³/mol. The molecule has 0 aliphatic heterocycles. The lowest BCUT2D eigenvalue weighted by molar-refractivity contribution is 0.280. The maximum absolute atomic E-state index is 9.34. The van der Waals surface area contributed by atoms with E-state index < -0.39 is 0 Å². The van der Waals surface area contributed by atoms with Crippen LogP contribution in [0.25, 0.3) is 11.1 Å². The Bertz CT molecular complexity index is 596. The molecule has 0 amide bonds. The van der Waals surface area contributed by atoms with E-state index >= 15 is 0 Å². The molecule has 0 fully saturated rings. The van der Waals surface area contributed by atoms with E-state index in [1.54, 1.807) is 14.2 Å². The van der Waals surface area contributed by atoms with Gasteiger partial charge in [-0.1, -0.05) is 24.3 Å². The summed E-state index contributed by atoms with van der Waals surface area (Å²) in [6.07, 6.45) is 0.845. The quantitative estimate of drug-likeness (QED) is 0.861. The first-order valence-electron chi connectivity index (χ1n) is 7.29. The van der Waals surface area contributed by atoms with E-state index in [9.17, 15) is 5.11 Å². The molecule has 2 aromatic rings. The van der Waals surface area contributed by atoms with Gasteiger partial charge in [-0.2, -0.15) is 0 Å². The molecule has 0 saturated heterocycles. The van der Waals surface area contributed by atoms with Crippen LogP contribution in [0.1, 0.15) is 18.1 Å². The third-order valence-corrected chi connectivity index (χ3v) is 3.55. The lowest BCUT2D eigenvalue weighted by atomic mass is 9.98. The molecule has 0 heterocycles. The number of benzene rings is 2. The highest BCUT2D eigenvalue weighted by Gasteiger charge is 2.14. The smallest absolute Gasteiger partial charge is 0.130 e. The first kappa shape index (κ1) is 16.3. The zero-order chi connectivity index (χ0) is 16.1. The molecule has 0 aromatic heterocycles. The van der Waals surface area contributed by atoms with Crippen molar-refractivity contribution in [2.24, 2.45) is 5.73 Å². The average Bonchev–Trinajstić information content (AvgIpc) is 2.53. The van der Waals surface area contributed by atoms with E-state index in [-0.39, 0.29) is 12.6 Å². The summed E-state index contributed by atoms with van der Waals surface area (Å²) in [4.78, 5) is 0. The van der Waals surface area contributed by atoms with Crippen molar-refractivity contribution in [1.29, 1.82) is 0 Å². The van der Waals surface area contributed by atoms with Crippen LogP contribution in [0.2, 0.25) is 0 Å². The molecular formula is C18H23NO3. The van der Waals surface area contributed by atoms with Gasteiger partial charge in [0.15, 0.2) is 0 Å². The minimum Gasteiger partial charge on any atom is -0.496 e. The van der Waals surface area contributed by atoms with E-state index in [1.807, 2.05) is 31.2 Å². The van der Waals surface area contributed by atoms with Crippen LogP contribution in [0.4, 0.5) is 0 Å². The van der Waals surface area contributed by atoms with Gasteiger partial charge in [0, 0.05) is 6.04 Å². The summed E-state index contributed by atoms with van der Waals surface area (Å²) in [7, 11) is 3.23. The van der Waals surface area contributed by atoms with Crippen molar-refractivity contribution in [1.82, 2.24) is 0 Å². The van der Waals surface area contributed by atoms with Gasteiger partial charge < -0.3 is 20.3 Å². The summed E-state index contributed by atoms with van der Waals surface area (Å²) in [5.41, 5.74) is 9.68. The Labute approximate surface area is 131 Å². The highest BCUT2D eigenvalue weighted by molar-refractivity contribution is 5.77. The van der Waals surface area contributed by atoms with Gasteiger partial charge in [0.25, 0.3) is 0 Å². The summed E-state index contributed by atoms with van der Waals surface area (Å²) in [5.74, 6) is 1.37. The van der Waals surface area contributed by atoms with Crippen LogP contribution in [0, 0.1) is 0 Å². The van der Waals surface area contributed by atoms with Crippen molar-refractivity contribution in [2.75, 3.05) is 14.2 Å². The van der Waals surface area contributed by atoms with Crippen molar-refractivity contribution >= 4 is 0 Å². The van der Waals surface area contributed by atoms with Crippen LogP contribution >= 0.6 is 0 Å². The van der Waals surface area contributed by atoms with Gasteiger partial charge in [0.05, 0.1) is 26.4 Å². The molecule has 0 aliphatic carbocycles. The Hall–Kier alpha value is -2.04. The Morgan fingerprint density at radius 3 is 1.95 bits per heavy atom. The second kappa shape index (κ2) is 7.29. The highest BCUT2D eigenvalue weighted by Crippen LogP contribution is 2.39. The van der Waals surface area contributed by atoms with Gasteiger partial charge in [0.2, 0.25) is 0 Å². The molecule has 4 heteroatoms. The average molecular weight is 301 g/mol. The molecule has 2 aromatic carbocycles. The molecule has 0 saturated carbocycles. The Balaban J connectivity index is 2.46. The molecule has 3 N–H and O–H groups in total. The normalized spacial score (nSPS) is 12.0. The van der Waals surface area contributed by atoms with E-state index in [0.29, 0.717) is 11.5 Å². The summed E-state index contributed by atoms with van der Waals surface area (Å²) in [6, 6.07) is 12.0. The van der Waals surface area contributed by atoms with Crippen molar-refractivity contribution in [3.63, 3.8) is 0 Å². The number of hydrogen-bond donors (Lipinski definition) is 2. The minimum absolute atomic E-state index is 0.0552. The summed E-state index contributed by atoms with van der Waals surface area (Å²) < 4.78 is 10.9. The van der Waals surface area contributed by atoms with Gasteiger partial charge in [0.1, 0.15) is 11.5 Å². The Morgan fingerprint density at radius 1 is 1.00 bits per heavy atom. The van der Waals surface area contributed by atoms with Gasteiger partial charge >= 0.3 is 0 Å². The number of hydrogen-bond acceptors (Lipinski definition) is 4. The maximum atomic E-state index is 9.34. The summed E-state index contributed by atoms with van der Waals surface area (Å²) in [5, 5.41) is 9.34. The standard InChI is InChI=1S/C18H23NO3/c1-12(19)8-13-4-6-15(7-5-13)18-16(21-2)9-14(11-20)10-17(18)22-3/h4-7,9-10,12,20H,8,11,19H2,1-3H3. The molecule has 1 atom stereocenters. The van der Waals surface area contributed by atoms with E-state index in [2.05, 4.69) is 12.1 Å². The van der Waals surface area contributed by atoms with Crippen LogP contribution in [0.15, 0.2) is 36.4 Å². The molecule has 1 unspecified atom stereocenters. The Morgan fingerprint density at radius 2 is 1.55 bits per heavy atom. The van der Waals surface area contributed by atoms with Crippen LogP contribution in [0.5, 0.6) is 11.5 Å². The molecule has 0 bridgehead atoms. The number of methoxy groups -OCH3 is 2. The zero-order valence-electron chi connectivity index (χ0n) is 13.3. The van der Waals surface area contributed by atoms with Crippen LogP contribution in [0.3, 0.4) is 0 Å². The second-order valence-corrected chi connectivity index (χ2v) is 5.41. The highest BCUT2D eigenvalue weighted by atomic mass is 16.5. The predicted octanol–water partition coefficient (Wildman–Crippen LogP) is 2.75. The molecule has 2 rings (SSSR count). The first-order chi connectivity index (χ1) is 10.6. The molecule has 118 valence electrons. The van der Waals surface area contributed by atoms with Crippen molar-refractivity contribution in [3.05, 3.63) is 47.5 Å². The first-order valence-corrected chi connectivity index (χ1v) is 7.29. The van der Waals surface area contributed by atoms with Gasteiger partial charge in [-0.05, 0) is 42.2 Å². The van der Waals surface area contributed by atoms with Crippen LogP contribution in [-0.4, -0.2) is 25.4 Å². The fourth-order valence-electron chi connectivity index (χ4n) is 2.52. The molecule has 22 heavy (non-hydrogen) atoms. The third-order valence-electron chi connectivity index (χ3n) is 3.55. The third kappa shape index (κ3) is 3.59. The monoisotopic (exact) mass is 301 g/mol. The molecular weight excluding hydrogens is 278 g/mol. The number of rotatable bonds is 6. The lowest BCUT2D eigenvalue weighted by Crippen LogP contribution is -2.17. The van der Waals surface area contributed by atoms with E-state index in [0.717, 1.165) is 23.1 Å². The minimum atomic E-state index is -0.0552. The molecule has 0 radical (unpaired) electrons. The fraction of sp³-hybridized carbons (Fsp3) is 0.333. The van der Waals surface area contributed by atoms with Crippen molar-refractivity contribution in [3.8, 4) is 22.6 Å². The zero-order valence-corrected chi connectivity index (χ0v) is 13.3. The maximum Gasteiger partial charge on any atom is 0.130 e. The van der Waals surface area contributed by atoms with Gasteiger partial charge in [-0.15, -0.1) is 0 Å². The SMILES string of the molecule is COc1cc(CO)cc(OC)c1-c1ccc(CC(C)N)cc1. The summed E-state index contributed by atoms with van der Waals surface area (Å²) >= 11 is 0. The van der Waals surface area contributed by atoms with Gasteiger partial charge in [-0.3, -0.25) is 0 Å². The van der Waals surface area contributed by atoms with Crippen molar-refractivity contribution < 1.29 is 14.6 Å². The van der Waals surface area contributed by atoms with Crippen molar-refractivity contribution in [2.45, 2.75) is 26.0 Å². The topological polar surface area (TPSA) is 64.7 Å². The second-order valence-electron chi connectivity index (χ2n) is 5.41. The number of aliphatic hydroxyl groups is 1. The fourth-order valence-corrected chi connectivity index (χ4v) is 2.52. The number of ether oxygens (including phenoxy) is 2. The number of aliphatic hydroxyl groups excluding tert-OH is 1. The van der Waals surface area contributed by atoms with Crippen LogP contribution < -0.4 is 15.2 Å².